The molecule has 1 fully saturated rings. The number of aromatic nitrogens is 3. The molecule has 0 radical (unpaired) electrons. The topological polar surface area (TPSA) is 103 Å². The summed E-state index contributed by atoms with van der Waals surface area (Å²) in [5.74, 6) is -0.735. The molecule has 0 aliphatic heterocycles. The first-order valence-corrected chi connectivity index (χ1v) is 8.42. The van der Waals surface area contributed by atoms with Crippen molar-refractivity contribution in [2.24, 2.45) is 5.73 Å². The van der Waals surface area contributed by atoms with Crippen LogP contribution in [-0.2, 0) is 9.59 Å². The fourth-order valence-electron chi connectivity index (χ4n) is 2.23. The molecule has 126 valence electrons. The quantitative estimate of drug-likeness (QED) is 0.729. The number of amides is 2. The second-order valence-electron chi connectivity index (χ2n) is 5.42. The van der Waals surface area contributed by atoms with Crippen LogP contribution < -0.4 is 11.1 Å². The summed E-state index contributed by atoms with van der Waals surface area (Å²) in [6.07, 6.45) is 1.95. The van der Waals surface area contributed by atoms with E-state index in [-0.39, 0.29) is 30.1 Å². The molecule has 2 aromatic rings. The van der Waals surface area contributed by atoms with Crippen LogP contribution in [0.1, 0.15) is 18.9 Å². The molecule has 9 heteroatoms. The van der Waals surface area contributed by atoms with E-state index in [4.69, 9.17) is 5.73 Å². The van der Waals surface area contributed by atoms with Gasteiger partial charge < -0.3 is 11.1 Å². The summed E-state index contributed by atoms with van der Waals surface area (Å²) in [7, 11) is 0. The highest BCUT2D eigenvalue weighted by molar-refractivity contribution is 7.99. The maximum absolute atomic E-state index is 14.0. The number of primary amides is 1. The number of thioether (sulfide) groups is 1. The zero-order valence-electron chi connectivity index (χ0n) is 12.7. The zero-order valence-corrected chi connectivity index (χ0v) is 13.6. The summed E-state index contributed by atoms with van der Waals surface area (Å²) in [6, 6.07) is 6.63. The molecule has 1 aliphatic rings. The SMILES string of the molecule is NC(=O)CNC(=O)CSc1nnc(-c2ccccc2F)n1C1CC1. The Kier molecular flexibility index (Phi) is 4.79. The van der Waals surface area contributed by atoms with Gasteiger partial charge in [0.25, 0.3) is 0 Å². The number of hydrogen-bond acceptors (Lipinski definition) is 5. The molecule has 0 atom stereocenters. The Morgan fingerprint density at radius 3 is 2.75 bits per heavy atom. The van der Waals surface area contributed by atoms with E-state index in [2.05, 4.69) is 15.5 Å². The second-order valence-corrected chi connectivity index (χ2v) is 6.36. The lowest BCUT2D eigenvalue weighted by atomic mass is 10.2. The minimum Gasteiger partial charge on any atom is -0.368 e. The van der Waals surface area contributed by atoms with Crippen molar-refractivity contribution in [3.8, 4) is 11.4 Å². The predicted octanol–water partition coefficient (Wildman–Crippen LogP) is 1.11. The van der Waals surface area contributed by atoms with Gasteiger partial charge in [-0.2, -0.15) is 0 Å². The van der Waals surface area contributed by atoms with Gasteiger partial charge in [-0.1, -0.05) is 23.9 Å². The van der Waals surface area contributed by atoms with Crippen LogP contribution in [0.2, 0.25) is 0 Å². The van der Waals surface area contributed by atoms with Gasteiger partial charge in [-0.05, 0) is 25.0 Å². The molecule has 1 aromatic carbocycles. The van der Waals surface area contributed by atoms with Crippen molar-refractivity contribution in [3.05, 3.63) is 30.1 Å². The van der Waals surface area contributed by atoms with Gasteiger partial charge >= 0.3 is 0 Å². The minimum atomic E-state index is -0.601. The first-order valence-electron chi connectivity index (χ1n) is 7.44. The number of halogens is 1. The Morgan fingerprint density at radius 2 is 2.08 bits per heavy atom. The molecule has 3 N–H and O–H groups in total. The minimum absolute atomic E-state index is 0.0788. The van der Waals surface area contributed by atoms with Crippen molar-refractivity contribution in [3.63, 3.8) is 0 Å². The van der Waals surface area contributed by atoms with Crippen LogP contribution in [0.25, 0.3) is 11.4 Å². The van der Waals surface area contributed by atoms with Crippen LogP contribution in [0.5, 0.6) is 0 Å². The van der Waals surface area contributed by atoms with Crippen LogP contribution in [0.4, 0.5) is 4.39 Å². The molecule has 1 heterocycles. The molecule has 1 aromatic heterocycles. The van der Waals surface area contributed by atoms with Gasteiger partial charge in [0.1, 0.15) is 5.82 Å². The van der Waals surface area contributed by atoms with Crippen LogP contribution in [0, 0.1) is 5.82 Å². The molecular weight excluding hydrogens is 333 g/mol. The Hall–Kier alpha value is -2.42. The largest absolute Gasteiger partial charge is 0.368 e. The van der Waals surface area contributed by atoms with Crippen molar-refractivity contribution in [2.45, 2.75) is 24.0 Å². The Bertz CT molecular complexity index is 775. The van der Waals surface area contributed by atoms with Crippen molar-refractivity contribution in [1.29, 1.82) is 0 Å². The fourth-order valence-corrected chi connectivity index (χ4v) is 3.07. The molecule has 7 nitrogen and oxygen atoms in total. The van der Waals surface area contributed by atoms with Crippen molar-refractivity contribution >= 4 is 23.6 Å². The highest BCUT2D eigenvalue weighted by atomic mass is 32.2. The number of nitrogens with zero attached hydrogens (tertiary/aromatic N) is 3. The average molecular weight is 349 g/mol. The fraction of sp³-hybridized carbons (Fsp3) is 0.333. The highest BCUT2D eigenvalue weighted by Gasteiger charge is 2.31. The number of carbonyl (C=O) groups is 2. The summed E-state index contributed by atoms with van der Waals surface area (Å²) in [5, 5.41) is 11.2. The van der Waals surface area contributed by atoms with Crippen LogP contribution in [0.3, 0.4) is 0 Å². The number of carbonyl (C=O) groups excluding carboxylic acids is 2. The Balaban J connectivity index is 1.76. The smallest absolute Gasteiger partial charge is 0.236 e. The highest BCUT2D eigenvalue weighted by Crippen LogP contribution is 2.41. The maximum Gasteiger partial charge on any atom is 0.236 e. The van der Waals surface area contributed by atoms with E-state index in [1.54, 1.807) is 18.2 Å². The third-order valence-electron chi connectivity index (χ3n) is 3.48. The van der Waals surface area contributed by atoms with Crippen LogP contribution in [0.15, 0.2) is 29.4 Å². The second kappa shape index (κ2) is 7.00. The Morgan fingerprint density at radius 1 is 1.33 bits per heavy atom. The zero-order chi connectivity index (χ0) is 17.1. The third kappa shape index (κ3) is 3.73. The standard InChI is InChI=1S/C15H16FN5O2S/c16-11-4-2-1-3-10(11)14-19-20-15(21(14)9-5-6-9)24-8-13(23)18-7-12(17)22/h1-4,9H,5-8H2,(H2,17,22)(H,18,23). The van der Waals surface area contributed by atoms with Gasteiger partial charge in [0.05, 0.1) is 17.9 Å². The van der Waals surface area contributed by atoms with E-state index in [0.29, 0.717) is 16.5 Å². The molecule has 3 rings (SSSR count). The van der Waals surface area contributed by atoms with Gasteiger partial charge in [0, 0.05) is 6.04 Å². The van der Waals surface area contributed by atoms with Gasteiger partial charge in [-0.15, -0.1) is 10.2 Å². The molecule has 1 saturated carbocycles. The van der Waals surface area contributed by atoms with E-state index in [0.717, 1.165) is 12.8 Å². The lowest BCUT2D eigenvalue weighted by molar-refractivity contribution is -0.123. The van der Waals surface area contributed by atoms with E-state index in [1.807, 2.05) is 4.57 Å². The molecule has 0 unspecified atom stereocenters. The summed E-state index contributed by atoms with van der Waals surface area (Å²) in [5.41, 5.74) is 5.37. The molecule has 1 aliphatic carbocycles. The summed E-state index contributed by atoms with van der Waals surface area (Å²) < 4.78 is 15.9. The summed E-state index contributed by atoms with van der Waals surface area (Å²) >= 11 is 1.20. The number of nitrogens with two attached hydrogens (primary N) is 1. The van der Waals surface area contributed by atoms with E-state index in [9.17, 15) is 14.0 Å². The van der Waals surface area contributed by atoms with Crippen LogP contribution in [-0.4, -0.2) is 38.9 Å². The van der Waals surface area contributed by atoms with Crippen molar-refractivity contribution < 1.29 is 14.0 Å². The molecule has 0 saturated heterocycles. The third-order valence-corrected chi connectivity index (χ3v) is 4.43. The summed E-state index contributed by atoms with van der Waals surface area (Å²) in [4.78, 5) is 22.4. The lowest BCUT2D eigenvalue weighted by Gasteiger charge is -2.09. The monoisotopic (exact) mass is 349 g/mol. The number of benzene rings is 1. The van der Waals surface area contributed by atoms with Gasteiger partial charge in [0.2, 0.25) is 11.8 Å². The molecule has 0 spiro atoms. The van der Waals surface area contributed by atoms with Gasteiger partial charge in [0.15, 0.2) is 11.0 Å². The summed E-state index contributed by atoms with van der Waals surface area (Å²) in [6.45, 7) is -0.199. The Labute approximate surface area is 141 Å². The van der Waals surface area contributed by atoms with Gasteiger partial charge in [-0.3, -0.25) is 14.2 Å². The van der Waals surface area contributed by atoms with Crippen molar-refractivity contribution in [1.82, 2.24) is 20.1 Å². The maximum atomic E-state index is 14.0. The predicted molar refractivity (Wildman–Crippen MR) is 86.6 cm³/mol. The van der Waals surface area contributed by atoms with Gasteiger partial charge in [-0.25, -0.2) is 4.39 Å². The molecular formula is C15H16FN5O2S. The number of hydrogen-bond donors (Lipinski definition) is 2. The van der Waals surface area contributed by atoms with E-state index in [1.165, 1.54) is 17.8 Å². The first kappa shape index (κ1) is 16.4. The average Bonchev–Trinajstić information content (AvgIpc) is 3.31. The molecule has 0 bridgehead atoms. The molecule has 2 amide bonds. The van der Waals surface area contributed by atoms with Crippen LogP contribution >= 0.6 is 11.8 Å². The number of rotatable bonds is 7. The molecule has 24 heavy (non-hydrogen) atoms. The van der Waals surface area contributed by atoms with E-state index < -0.39 is 5.91 Å². The number of nitrogens with one attached hydrogen (secondary N) is 1. The van der Waals surface area contributed by atoms with Crippen molar-refractivity contribution in [2.75, 3.05) is 12.3 Å². The normalized spacial score (nSPS) is 13.7. The lowest BCUT2D eigenvalue weighted by Crippen LogP contribution is -2.34. The first-order chi connectivity index (χ1) is 11.6. The van der Waals surface area contributed by atoms with E-state index >= 15 is 0 Å².